The van der Waals surface area contributed by atoms with Crippen molar-refractivity contribution < 1.29 is 18.7 Å². The molecule has 8 heteroatoms. The zero-order valence-electron chi connectivity index (χ0n) is 24.7. The van der Waals surface area contributed by atoms with Crippen molar-refractivity contribution in [3.8, 4) is 5.75 Å². The van der Waals surface area contributed by atoms with Crippen LogP contribution in [-0.2, 0) is 16.0 Å². The first-order valence-electron chi connectivity index (χ1n) is 15.0. The lowest BCUT2D eigenvalue weighted by atomic mass is 9.95. The molecular weight excluding hydrogens is 531 g/mol. The number of nitrogens with one attached hydrogen (secondary N) is 1. The zero-order valence-corrected chi connectivity index (χ0v) is 24.7. The molecule has 222 valence electrons. The van der Waals surface area contributed by atoms with E-state index in [1.54, 1.807) is 26.2 Å². The average Bonchev–Trinajstić information content (AvgIpc) is 3.31. The summed E-state index contributed by atoms with van der Waals surface area (Å²) in [6.07, 6.45) is 4.60. The molecule has 0 bridgehead atoms. The molecule has 2 aliphatic heterocycles. The molecule has 1 N–H and O–H groups in total. The third-order valence-electron chi connectivity index (χ3n) is 8.40. The first kappa shape index (κ1) is 29.4. The molecule has 0 aromatic heterocycles. The predicted octanol–water partition coefficient (Wildman–Crippen LogP) is 5.33. The number of hydrogen-bond donors (Lipinski definition) is 1. The summed E-state index contributed by atoms with van der Waals surface area (Å²) in [6, 6.07) is 20.5. The van der Waals surface area contributed by atoms with Crippen molar-refractivity contribution in [3.63, 3.8) is 0 Å². The lowest BCUT2D eigenvalue weighted by Gasteiger charge is -2.35. The standard InChI is InChI=1S/C34H41FN4O3/c1-25(40)37-18-20-38(21-19-37)28-12-15-31(35)27(22-28)23-33(41)36-34(26-10-6-5-7-11-26)30-14-13-29(42-2)24-32(30)39-16-8-3-4-9-17-39/h5-7,10-15,22,24,34H,3-4,8-9,16-21,23H2,1-2H3,(H,36,41). The van der Waals surface area contributed by atoms with Gasteiger partial charge in [-0.1, -0.05) is 49.2 Å². The highest BCUT2D eigenvalue weighted by Crippen LogP contribution is 2.35. The van der Waals surface area contributed by atoms with Crippen molar-refractivity contribution in [2.75, 3.05) is 56.2 Å². The summed E-state index contributed by atoms with van der Waals surface area (Å²) in [5.41, 5.74) is 4.23. The molecule has 2 aliphatic rings. The molecule has 0 radical (unpaired) electrons. The number of halogens is 1. The Labute approximate surface area is 248 Å². The Morgan fingerprint density at radius 1 is 0.857 bits per heavy atom. The van der Waals surface area contributed by atoms with E-state index in [2.05, 4.69) is 21.2 Å². The molecule has 2 saturated heterocycles. The first-order chi connectivity index (χ1) is 20.4. The molecule has 0 aliphatic carbocycles. The molecule has 0 spiro atoms. The predicted molar refractivity (Wildman–Crippen MR) is 165 cm³/mol. The Morgan fingerprint density at radius 3 is 2.24 bits per heavy atom. The van der Waals surface area contributed by atoms with Gasteiger partial charge >= 0.3 is 0 Å². The fourth-order valence-electron chi connectivity index (χ4n) is 6.02. The van der Waals surface area contributed by atoms with E-state index in [1.807, 2.05) is 47.4 Å². The number of benzene rings is 3. The van der Waals surface area contributed by atoms with Gasteiger partial charge in [-0.2, -0.15) is 0 Å². The number of anilines is 2. The zero-order chi connectivity index (χ0) is 29.5. The summed E-state index contributed by atoms with van der Waals surface area (Å²) in [5, 5.41) is 3.24. The van der Waals surface area contributed by atoms with Gasteiger partial charge in [0.2, 0.25) is 11.8 Å². The van der Waals surface area contributed by atoms with Crippen LogP contribution < -0.4 is 19.9 Å². The number of ether oxygens (including phenoxy) is 1. The van der Waals surface area contributed by atoms with Gasteiger partial charge in [0.05, 0.1) is 19.6 Å². The van der Waals surface area contributed by atoms with E-state index < -0.39 is 11.9 Å². The van der Waals surface area contributed by atoms with Crippen molar-refractivity contribution in [1.29, 1.82) is 0 Å². The minimum Gasteiger partial charge on any atom is -0.497 e. The number of carbonyl (C=O) groups is 2. The van der Waals surface area contributed by atoms with Crippen LogP contribution >= 0.6 is 0 Å². The van der Waals surface area contributed by atoms with Crippen LogP contribution in [0.5, 0.6) is 5.75 Å². The molecule has 3 aromatic rings. The average molecular weight is 573 g/mol. The molecule has 2 amide bonds. The summed E-state index contributed by atoms with van der Waals surface area (Å²) in [6.45, 7) is 6.08. The smallest absolute Gasteiger partial charge is 0.225 e. The number of nitrogens with zero attached hydrogens (tertiary/aromatic N) is 3. The fraction of sp³-hybridized carbons (Fsp3) is 0.412. The van der Waals surface area contributed by atoms with Gasteiger partial charge in [0.25, 0.3) is 0 Å². The maximum Gasteiger partial charge on any atom is 0.225 e. The van der Waals surface area contributed by atoms with Crippen molar-refractivity contribution in [3.05, 3.63) is 89.2 Å². The Morgan fingerprint density at radius 2 is 1.57 bits per heavy atom. The second-order valence-electron chi connectivity index (χ2n) is 11.2. The highest BCUT2D eigenvalue weighted by molar-refractivity contribution is 5.80. The number of amides is 2. The second-order valence-corrected chi connectivity index (χ2v) is 11.2. The first-order valence-corrected chi connectivity index (χ1v) is 15.0. The maximum absolute atomic E-state index is 15.0. The number of piperazine rings is 1. The monoisotopic (exact) mass is 572 g/mol. The largest absolute Gasteiger partial charge is 0.497 e. The van der Waals surface area contributed by atoms with E-state index in [4.69, 9.17) is 4.74 Å². The van der Waals surface area contributed by atoms with Crippen LogP contribution in [-0.4, -0.2) is 63.1 Å². The third kappa shape index (κ3) is 7.04. The van der Waals surface area contributed by atoms with Gasteiger partial charge in [0, 0.05) is 69.2 Å². The van der Waals surface area contributed by atoms with E-state index in [-0.39, 0.29) is 18.2 Å². The van der Waals surface area contributed by atoms with Gasteiger partial charge in [-0.3, -0.25) is 9.59 Å². The Hall–Kier alpha value is -4.07. The molecular formula is C34H41FN4O3. The molecule has 0 saturated carbocycles. The minimum absolute atomic E-state index is 0.0648. The highest BCUT2D eigenvalue weighted by Gasteiger charge is 2.25. The summed E-state index contributed by atoms with van der Waals surface area (Å²) in [5.74, 6) is 0.190. The molecule has 2 fully saturated rings. The van der Waals surface area contributed by atoms with Crippen molar-refractivity contribution in [1.82, 2.24) is 10.2 Å². The number of hydrogen-bond acceptors (Lipinski definition) is 5. The lowest BCUT2D eigenvalue weighted by molar-refractivity contribution is -0.129. The van der Waals surface area contributed by atoms with E-state index >= 15 is 4.39 Å². The van der Waals surface area contributed by atoms with E-state index in [9.17, 15) is 9.59 Å². The highest BCUT2D eigenvalue weighted by atomic mass is 19.1. The van der Waals surface area contributed by atoms with Gasteiger partial charge in [-0.25, -0.2) is 4.39 Å². The van der Waals surface area contributed by atoms with Gasteiger partial charge in [0.1, 0.15) is 11.6 Å². The van der Waals surface area contributed by atoms with Gasteiger partial charge in [-0.15, -0.1) is 0 Å². The maximum atomic E-state index is 15.0. The molecule has 7 nitrogen and oxygen atoms in total. The molecule has 5 rings (SSSR count). The van der Waals surface area contributed by atoms with Crippen LogP contribution in [0.1, 0.15) is 55.3 Å². The topological polar surface area (TPSA) is 65.1 Å². The van der Waals surface area contributed by atoms with Gasteiger partial charge < -0.3 is 24.8 Å². The Bertz CT molecular complexity index is 1370. The van der Waals surface area contributed by atoms with Crippen LogP contribution in [0, 0.1) is 5.82 Å². The van der Waals surface area contributed by atoms with E-state index in [0.717, 1.165) is 54.2 Å². The molecule has 3 aromatic carbocycles. The summed E-state index contributed by atoms with van der Waals surface area (Å²) < 4.78 is 20.6. The van der Waals surface area contributed by atoms with Crippen LogP contribution in [0.2, 0.25) is 0 Å². The van der Waals surface area contributed by atoms with Crippen LogP contribution in [0.3, 0.4) is 0 Å². The molecule has 2 heterocycles. The SMILES string of the molecule is COc1ccc(C(NC(=O)Cc2cc(N3CCN(C(C)=O)CC3)ccc2F)c2ccccc2)c(N2CCCCCC2)c1. The normalized spacial score (nSPS) is 16.5. The second kappa shape index (κ2) is 13.7. The van der Waals surface area contributed by atoms with Crippen LogP contribution in [0.4, 0.5) is 15.8 Å². The van der Waals surface area contributed by atoms with Crippen LogP contribution in [0.15, 0.2) is 66.7 Å². The summed E-state index contributed by atoms with van der Waals surface area (Å²) in [4.78, 5) is 31.7. The number of rotatable bonds is 8. The Kier molecular flexibility index (Phi) is 9.62. The van der Waals surface area contributed by atoms with Crippen molar-refractivity contribution >= 4 is 23.2 Å². The van der Waals surface area contributed by atoms with Crippen molar-refractivity contribution in [2.45, 2.75) is 45.1 Å². The van der Waals surface area contributed by atoms with Crippen molar-refractivity contribution in [2.24, 2.45) is 0 Å². The molecule has 1 unspecified atom stereocenters. The summed E-state index contributed by atoms with van der Waals surface area (Å²) in [7, 11) is 1.67. The lowest BCUT2D eigenvalue weighted by Crippen LogP contribution is -2.48. The number of carbonyl (C=O) groups excluding carboxylic acids is 2. The van der Waals surface area contributed by atoms with E-state index in [0.29, 0.717) is 31.7 Å². The van der Waals surface area contributed by atoms with Gasteiger partial charge in [-0.05, 0) is 48.2 Å². The minimum atomic E-state index is -0.409. The van der Waals surface area contributed by atoms with E-state index in [1.165, 1.54) is 18.9 Å². The molecule has 42 heavy (non-hydrogen) atoms. The number of methoxy groups -OCH3 is 1. The summed E-state index contributed by atoms with van der Waals surface area (Å²) >= 11 is 0. The Balaban J connectivity index is 1.40. The quantitative estimate of drug-likeness (QED) is 0.395. The van der Waals surface area contributed by atoms with Gasteiger partial charge in [0.15, 0.2) is 0 Å². The molecule has 1 atom stereocenters. The van der Waals surface area contributed by atoms with Crippen LogP contribution in [0.25, 0.3) is 0 Å². The fourth-order valence-corrected chi connectivity index (χ4v) is 6.02. The third-order valence-corrected chi connectivity index (χ3v) is 8.40.